The maximum atomic E-state index is 10.6. The number of nitrogens with one attached hydrogen (secondary N) is 1. The number of nitrogens with zero attached hydrogens (tertiary/aromatic N) is 1. The van der Waals surface area contributed by atoms with Crippen molar-refractivity contribution in [2.45, 2.75) is 32.6 Å². The number of oxazole rings is 1. The lowest BCUT2D eigenvalue weighted by Crippen LogP contribution is -2.35. The molecule has 0 atom stereocenters. The second kappa shape index (κ2) is 4.15. The van der Waals surface area contributed by atoms with Crippen LogP contribution in [-0.2, 0) is 0 Å². The number of carboxylic acid groups (broad SMARTS) is 1. The number of anilines is 1. The van der Waals surface area contributed by atoms with Crippen molar-refractivity contribution in [3.05, 3.63) is 12.0 Å². The van der Waals surface area contributed by atoms with Crippen molar-refractivity contribution < 1.29 is 14.3 Å². The van der Waals surface area contributed by atoms with Crippen molar-refractivity contribution in [2.75, 3.05) is 11.9 Å². The van der Waals surface area contributed by atoms with E-state index in [9.17, 15) is 4.79 Å². The second-order valence-corrected chi connectivity index (χ2v) is 4.40. The van der Waals surface area contributed by atoms with E-state index in [1.54, 1.807) is 0 Å². The highest BCUT2D eigenvalue weighted by atomic mass is 16.4. The van der Waals surface area contributed by atoms with Crippen LogP contribution in [0.3, 0.4) is 0 Å². The molecule has 1 heterocycles. The number of hydrogen-bond acceptors (Lipinski definition) is 4. The van der Waals surface area contributed by atoms with Gasteiger partial charge in [0.15, 0.2) is 5.69 Å². The molecule has 16 heavy (non-hydrogen) atoms. The van der Waals surface area contributed by atoms with Crippen molar-refractivity contribution in [3.63, 3.8) is 0 Å². The number of rotatable bonds is 5. The van der Waals surface area contributed by atoms with Gasteiger partial charge >= 0.3 is 5.97 Å². The molecule has 5 heteroatoms. The highest BCUT2D eigenvalue weighted by molar-refractivity contribution is 5.85. The van der Waals surface area contributed by atoms with Gasteiger partial charge in [0.1, 0.15) is 6.26 Å². The predicted octanol–water partition coefficient (Wildman–Crippen LogP) is 2.37. The third-order valence-corrected chi connectivity index (χ3v) is 3.50. The molecular weight excluding hydrogens is 208 g/mol. The summed E-state index contributed by atoms with van der Waals surface area (Å²) in [6.45, 7) is 2.99. The average molecular weight is 224 g/mol. The normalized spacial score (nSPS) is 17.8. The smallest absolute Gasteiger partial charge is 0.357 e. The van der Waals surface area contributed by atoms with Crippen LogP contribution in [0.5, 0.6) is 0 Å². The van der Waals surface area contributed by atoms with Gasteiger partial charge in [-0.05, 0) is 24.7 Å². The fourth-order valence-corrected chi connectivity index (χ4v) is 2.05. The lowest BCUT2D eigenvalue weighted by molar-refractivity contribution is 0.0690. The van der Waals surface area contributed by atoms with Crippen molar-refractivity contribution in [2.24, 2.45) is 5.41 Å². The maximum absolute atomic E-state index is 10.6. The van der Waals surface area contributed by atoms with E-state index in [1.807, 2.05) is 0 Å². The summed E-state index contributed by atoms with van der Waals surface area (Å²) in [5.41, 5.74) is 0.305. The monoisotopic (exact) mass is 224 g/mol. The van der Waals surface area contributed by atoms with Gasteiger partial charge in [-0.2, -0.15) is 4.98 Å². The van der Waals surface area contributed by atoms with Crippen LogP contribution in [-0.4, -0.2) is 22.6 Å². The fraction of sp³-hybridized carbons (Fsp3) is 0.636. The molecule has 0 aromatic carbocycles. The fourth-order valence-electron chi connectivity index (χ4n) is 2.05. The van der Waals surface area contributed by atoms with Crippen LogP contribution < -0.4 is 5.32 Å². The standard InChI is InChI=1S/C11H16N2O3/c1-2-11(4-3-5-11)7-12-10-13-8(6-16-10)9(14)15/h6H,2-5,7H2,1H3,(H,12,13)(H,14,15). The molecule has 5 nitrogen and oxygen atoms in total. The summed E-state index contributed by atoms with van der Waals surface area (Å²) in [4.78, 5) is 14.4. The Kier molecular flexibility index (Phi) is 2.85. The first-order chi connectivity index (χ1) is 7.65. The molecular formula is C11H16N2O3. The molecule has 0 amide bonds. The van der Waals surface area contributed by atoms with E-state index >= 15 is 0 Å². The molecule has 0 unspecified atom stereocenters. The van der Waals surface area contributed by atoms with Crippen LogP contribution in [0.2, 0.25) is 0 Å². The Morgan fingerprint density at radius 2 is 2.44 bits per heavy atom. The van der Waals surface area contributed by atoms with Gasteiger partial charge in [-0.3, -0.25) is 0 Å². The zero-order valence-electron chi connectivity index (χ0n) is 9.32. The van der Waals surface area contributed by atoms with E-state index in [2.05, 4.69) is 17.2 Å². The Hall–Kier alpha value is -1.52. The quantitative estimate of drug-likeness (QED) is 0.803. The number of aromatic nitrogens is 1. The average Bonchev–Trinajstić information content (AvgIpc) is 2.65. The van der Waals surface area contributed by atoms with Gasteiger partial charge in [0.05, 0.1) is 0 Å². The summed E-state index contributed by atoms with van der Waals surface area (Å²) >= 11 is 0. The first-order valence-electron chi connectivity index (χ1n) is 5.58. The van der Waals surface area contributed by atoms with Crippen LogP contribution in [0, 0.1) is 5.41 Å². The molecule has 1 aromatic rings. The first kappa shape index (κ1) is 11.0. The Labute approximate surface area is 93.9 Å². The largest absolute Gasteiger partial charge is 0.476 e. The Morgan fingerprint density at radius 3 is 2.88 bits per heavy atom. The molecule has 1 aliphatic rings. The number of aromatic carboxylic acids is 1. The van der Waals surface area contributed by atoms with E-state index < -0.39 is 5.97 Å². The topological polar surface area (TPSA) is 75.4 Å². The summed E-state index contributed by atoms with van der Waals surface area (Å²) in [7, 11) is 0. The lowest BCUT2D eigenvalue weighted by Gasteiger charge is -2.41. The number of carbonyl (C=O) groups is 1. The van der Waals surface area contributed by atoms with Crippen LogP contribution in [0.15, 0.2) is 10.7 Å². The van der Waals surface area contributed by atoms with E-state index in [-0.39, 0.29) is 5.69 Å². The van der Waals surface area contributed by atoms with Gasteiger partial charge in [0.2, 0.25) is 0 Å². The molecule has 0 radical (unpaired) electrons. The molecule has 0 bridgehead atoms. The highest BCUT2D eigenvalue weighted by Crippen LogP contribution is 2.43. The van der Waals surface area contributed by atoms with Gasteiger partial charge in [0.25, 0.3) is 6.01 Å². The maximum Gasteiger partial charge on any atom is 0.357 e. The zero-order valence-corrected chi connectivity index (χ0v) is 9.32. The third kappa shape index (κ3) is 2.03. The van der Waals surface area contributed by atoms with E-state index in [0.717, 1.165) is 19.2 Å². The summed E-state index contributed by atoms with van der Waals surface area (Å²) in [6.07, 6.45) is 6.02. The van der Waals surface area contributed by atoms with Gasteiger partial charge < -0.3 is 14.8 Å². The molecule has 2 N–H and O–H groups in total. The van der Waals surface area contributed by atoms with Crippen molar-refractivity contribution in [1.29, 1.82) is 0 Å². The summed E-state index contributed by atoms with van der Waals surface area (Å²) in [6, 6.07) is 0.303. The van der Waals surface area contributed by atoms with Gasteiger partial charge in [0, 0.05) is 6.54 Å². The van der Waals surface area contributed by atoms with Crippen molar-refractivity contribution in [1.82, 2.24) is 4.98 Å². The third-order valence-electron chi connectivity index (χ3n) is 3.50. The molecule has 88 valence electrons. The molecule has 1 aliphatic carbocycles. The minimum absolute atomic E-state index is 0.0540. The number of carboxylic acids is 1. The minimum Gasteiger partial charge on any atom is -0.476 e. The molecule has 1 fully saturated rings. The molecule has 0 aliphatic heterocycles. The Balaban J connectivity index is 1.91. The lowest BCUT2D eigenvalue weighted by atomic mass is 9.67. The summed E-state index contributed by atoms with van der Waals surface area (Å²) in [5.74, 6) is -1.06. The highest BCUT2D eigenvalue weighted by Gasteiger charge is 2.35. The molecule has 0 saturated heterocycles. The van der Waals surface area contributed by atoms with E-state index in [4.69, 9.17) is 9.52 Å². The molecule has 1 saturated carbocycles. The molecule has 1 aromatic heterocycles. The van der Waals surface area contributed by atoms with Gasteiger partial charge in [-0.15, -0.1) is 0 Å². The van der Waals surface area contributed by atoms with Crippen LogP contribution >= 0.6 is 0 Å². The zero-order chi connectivity index (χ0) is 11.6. The first-order valence-corrected chi connectivity index (χ1v) is 5.58. The SMILES string of the molecule is CCC1(CNc2nc(C(=O)O)co2)CCC1. The summed E-state index contributed by atoms with van der Waals surface area (Å²) in [5, 5.41) is 11.8. The number of hydrogen-bond donors (Lipinski definition) is 2. The van der Waals surface area contributed by atoms with Gasteiger partial charge in [-0.25, -0.2) is 4.79 Å². The van der Waals surface area contributed by atoms with E-state index in [0.29, 0.717) is 11.4 Å². The second-order valence-electron chi connectivity index (χ2n) is 4.40. The predicted molar refractivity (Wildman–Crippen MR) is 58.5 cm³/mol. The minimum atomic E-state index is -1.06. The Morgan fingerprint density at radius 1 is 1.69 bits per heavy atom. The molecule has 2 rings (SSSR count). The van der Waals surface area contributed by atoms with E-state index in [1.165, 1.54) is 19.3 Å². The van der Waals surface area contributed by atoms with Gasteiger partial charge in [-0.1, -0.05) is 13.3 Å². The van der Waals surface area contributed by atoms with Crippen molar-refractivity contribution >= 4 is 12.0 Å². The van der Waals surface area contributed by atoms with Crippen LogP contribution in [0.4, 0.5) is 6.01 Å². The summed E-state index contributed by atoms with van der Waals surface area (Å²) < 4.78 is 5.03. The van der Waals surface area contributed by atoms with Crippen molar-refractivity contribution in [3.8, 4) is 0 Å². The molecule has 0 spiro atoms. The van der Waals surface area contributed by atoms with Crippen LogP contribution in [0.25, 0.3) is 0 Å². The van der Waals surface area contributed by atoms with Crippen LogP contribution in [0.1, 0.15) is 43.1 Å². The Bertz CT molecular complexity index is 377.